The fraction of sp³-hybridized carbons (Fsp3) is 0.481. The Balaban J connectivity index is 1.57. The first-order chi connectivity index (χ1) is 16.6. The molecule has 1 aliphatic carbocycles. The molecular weight excluding hydrogens is 446 g/mol. The van der Waals surface area contributed by atoms with E-state index in [1.807, 2.05) is 37.3 Å². The summed E-state index contributed by atoms with van der Waals surface area (Å²) in [4.78, 5) is 18.1. The lowest BCUT2D eigenvalue weighted by molar-refractivity contribution is 0.0943. The SMILES string of the molecule is COCCCn1c(-c2csc(-c3ccc(OC)cc3)n2)cc(C(=O)NCC2CCCCC2)c1C. The van der Waals surface area contributed by atoms with Gasteiger partial charge in [-0.1, -0.05) is 19.3 Å². The van der Waals surface area contributed by atoms with Crippen molar-refractivity contribution in [2.45, 2.75) is 52.0 Å². The number of thiazole rings is 1. The fourth-order valence-electron chi connectivity index (χ4n) is 4.72. The van der Waals surface area contributed by atoms with Crippen molar-refractivity contribution < 1.29 is 14.3 Å². The van der Waals surface area contributed by atoms with E-state index in [-0.39, 0.29) is 5.91 Å². The third-order valence-electron chi connectivity index (χ3n) is 6.72. The molecule has 2 aromatic heterocycles. The number of carbonyl (C=O) groups excluding carboxylic acids is 1. The minimum Gasteiger partial charge on any atom is -0.497 e. The van der Waals surface area contributed by atoms with Gasteiger partial charge in [-0.25, -0.2) is 4.98 Å². The molecule has 0 atom stereocenters. The Morgan fingerprint density at radius 2 is 1.94 bits per heavy atom. The van der Waals surface area contributed by atoms with E-state index in [9.17, 15) is 4.79 Å². The summed E-state index contributed by atoms with van der Waals surface area (Å²) in [5.74, 6) is 1.44. The van der Waals surface area contributed by atoms with Crippen molar-refractivity contribution >= 4 is 17.2 Å². The highest BCUT2D eigenvalue weighted by Gasteiger charge is 2.21. The van der Waals surface area contributed by atoms with Gasteiger partial charge >= 0.3 is 0 Å². The summed E-state index contributed by atoms with van der Waals surface area (Å²) in [6.45, 7) is 4.25. The van der Waals surface area contributed by atoms with Gasteiger partial charge in [0, 0.05) is 43.4 Å². The van der Waals surface area contributed by atoms with Crippen LogP contribution in [0.3, 0.4) is 0 Å². The van der Waals surface area contributed by atoms with Crippen LogP contribution in [0.15, 0.2) is 35.7 Å². The van der Waals surface area contributed by atoms with Crippen LogP contribution < -0.4 is 10.1 Å². The van der Waals surface area contributed by atoms with Crippen molar-refractivity contribution in [3.8, 4) is 27.7 Å². The van der Waals surface area contributed by atoms with Gasteiger partial charge in [-0.15, -0.1) is 11.3 Å². The minimum absolute atomic E-state index is 0.0143. The number of aromatic nitrogens is 2. The second-order valence-corrected chi connectivity index (χ2v) is 9.87. The molecule has 1 saturated carbocycles. The van der Waals surface area contributed by atoms with Gasteiger partial charge in [-0.2, -0.15) is 0 Å². The number of nitrogens with one attached hydrogen (secondary N) is 1. The summed E-state index contributed by atoms with van der Waals surface area (Å²) in [6.07, 6.45) is 7.19. The molecule has 0 spiro atoms. The summed E-state index contributed by atoms with van der Waals surface area (Å²) in [5.41, 5.74) is 4.64. The minimum atomic E-state index is 0.0143. The van der Waals surface area contributed by atoms with Gasteiger partial charge in [0.25, 0.3) is 5.91 Å². The van der Waals surface area contributed by atoms with E-state index in [1.54, 1.807) is 25.6 Å². The average molecular weight is 482 g/mol. The van der Waals surface area contributed by atoms with Gasteiger partial charge in [0.15, 0.2) is 0 Å². The number of benzene rings is 1. The van der Waals surface area contributed by atoms with Crippen LogP contribution in [-0.4, -0.2) is 42.8 Å². The van der Waals surface area contributed by atoms with E-state index in [0.717, 1.165) is 58.5 Å². The van der Waals surface area contributed by atoms with E-state index in [1.165, 1.54) is 32.1 Å². The third-order valence-corrected chi connectivity index (χ3v) is 7.61. The van der Waals surface area contributed by atoms with Crippen LogP contribution in [0.5, 0.6) is 5.75 Å². The van der Waals surface area contributed by atoms with Crippen LogP contribution in [-0.2, 0) is 11.3 Å². The largest absolute Gasteiger partial charge is 0.497 e. The van der Waals surface area contributed by atoms with Gasteiger partial charge in [0.1, 0.15) is 10.8 Å². The molecule has 34 heavy (non-hydrogen) atoms. The summed E-state index contributed by atoms with van der Waals surface area (Å²) in [6, 6.07) is 9.94. The first-order valence-corrected chi connectivity index (χ1v) is 13.1. The lowest BCUT2D eigenvalue weighted by Crippen LogP contribution is -2.30. The number of hydrogen-bond acceptors (Lipinski definition) is 5. The zero-order valence-electron chi connectivity index (χ0n) is 20.4. The van der Waals surface area contributed by atoms with Crippen molar-refractivity contribution in [1.82, 2.24) is 14.9 Å². The maximum atomic E-state index is 13.1. The van der Waals surface area contributed by atoms with Crippen LogP contribution in [0.4, 0.5) is 0 Å². The summed E-state index contributed by atoms with van der Waals surface area (Å²) in [7, 11) is 3.38. The highest BCUT2D eigenvalue weighted by Crippen LogP contribution is 2.32. The number of nitrogens with zero attached hydrogens (tertiary/aromatic N) is 2. The first kappa shape index (κ1) is 24.5. The lowest BCUT2D eigenvalue weighted by Gasteiger charge is -2.21. The second kappa shape index (κ2) is 11.7. The smallest absolute Gasteiger partial charge is 0.253 e. The third kappa shape index (κ3) is 5.70. The predicted octanol–water partition coefficient (Wildman–Crippen LogP) is 5.94. The number of amides is 1. The maximum absolute atomic E-state index is 13.1. The maximum Gasteiger partial charge on any atom is 0.253 e. The fourth-order valence-corrected chi connectivity index (χ4v) is 5.54. The number of hydrogen-bond donors (Lipinski definition) is 1. The summed E-state index contributed by atoms with van der Waals surface area (Å²) < 4.78 is 12.8. The van der Waals surface area contributed by atoms with Gasteiger partial charge in [0.05, 0.1) is 24.1 Å². The van der Waals surface area contributed by atoms with Crippen molar-refractivity contribution in [3.05, 3.63) is 47.0 Å². The molecule has 1 aliphatic rings. The summed E-state index contributed by atoms with van der Waals surface area (Å²) >= 11 is 1.61. The summed E-state index contributed by atoms with van der Waals surface area (Å²) in [5, 5.41) is 6.23. The molecule has 1 fully saturated rings. The van der Waals surface area contributed by atoms with Crippen LogP contribution in [0.1, 0.15) is 54.6 Å². The lowest BCUT2D eigenvalue weighted by atomic mass is 9.89. The highest BCUT2D eigenvalue weighted by molar-refractivity contribution is 7.13. The van der Waals surface area contributed by atoms with Crippen LogP contribution in [0, 0.1) is 12.8 Å². The van der Waals surface area contributed by atoms with Crippen molar-refractivity contribution in [2.75, 3.05) is 27.4 Å². The van der Waals surface area contributed by atoms with Crippen LogP contribution in [0.2, 0.25) is 0 Å². The van der Waals surface area contributed by atoms with Crippen LogP contribution in [0.25, 0.3) is 22.0 Å². The molecule has 1 N–H and O–H groups in total. The molecule has 182 valence electrons. The Morgan fingerprint density at radius 1 is 1.18 bits per heavy atom. The standard InChI is InChI=1S/C27H35N3O3S/c1-19-23(26(31)28-17-20-8-5-4-6-9-20)16-25(30(19)14-7-15-32-2)24-18-34-27(29-24)21-10-12-22(33-3)13-11-21/h10-13,16,18,20H,4-9,14-15,17H2,1-3H3,(H,28,31). The Morgan fingerprint density at radius 3 is 2.65 bits per heavy atom. The molecular formula is C27H35N3O3S. The normalized spacial score (nSPS) is 14.3. The molecule has 4 rings (SSSR count). The van der Waals surface area contributed by atoms with Gasteiger partial charge in [-0.05, 0) is 62.4 Å². The number of rotatable bonds is 10. The quantitative estimate of drug-likeness (QED) is 0.364. The molecule has 0 aliphatic heterocycles. The zero-order valence-corrected chi connectivity index (χ0v) is 21.2. The Bertz CT molecular complexity index is 1080. The molecule has 0 radical (unpaired) electrons. The Kier molecular flexibility index (Phi) is 8.40. The van der Waals surface area contributed by atoms with Crippen LogP contribution >= 0.6 is 11.3 Å². The van der Waals surface area contributed by atoms with Gasteiger partial charge in [0.2, 0.25) is 0 Å². The first-order valence-electron chi connectivity index (χ1n) is 12.2. The van der Waals surface area contributed by atoms with Gasteiger partial charge < -0.3 is 19.4 Å². The molecule has 2 heterocycles. The van der Waals surface area contributed by atoms with E-state index >= 15 is 0 Å². The average Bonchev–Trinajstić information content (AvgIpc) is 3.49. The highest BCUT2D eigenvalue weighted by atomic mass is 32.1. The van der Waals surface area contributed by atoms with Crippen molar-refractivity contribution in [3.63, 3.8) is 0 Å². The number of ether oxygens (including phenoxy) is 2. The Hall–Kier alpha value is -2.64. The van der Waals surface area contributed by atoms with E-state index < -0.39 is 0 Å². The molecule has 1 aromatic carbocycles. The number of methoxy groups -OCH3 is 2. The van der Waals surface area contributed by atoms with E-state index in [2.05, 4.69) is 15.3 Å². The van der Waals surface area contributed by atoms with Gasteiger partial charge in [-0.3, -0.25) is 4.79 Å². The molecule has 7 heteroatoms. The number of carbonyl (C=O) groups is 1. The van der Waals surface area contributed by atoms with Crippen molar-refractivity contribution in [2.24, 2.45) is 5.92 Å². The molecule has 0 saturated heterocycles. The van der Waals surface area contributed by atoms with E-state index in [0.29, 0.717) is 12.5 Å². The molecule has 3 aromatic rings. The molecule has 6 nitrogen and oxygen atoms in total. The van der Waals surface area contributed by atoms with E-state index in [4.69, 9.17) is 14.5 Å². The molecule has 1 amide bonds. The topological polar surface area (TPSA) is 65.4 Å². The predicted molar refractivity (Wildman–Crippen MR) is 138 cm³/mol. The monoisotopic (exact) mass is 481 g/mol. The second-order valence-electron chi connectivity index (χ2n) is 9.01. The van der Waals surface area contributed by atoms with Crippen molar-refractivity contribution in [1.29, 1.82) is 0 Å². The Labute approximate surface area is 206 Å². The molecule has 0 bridgehead atoms. The zero-order chi connectivity index (χ0) is 23.9. The molecule has 0 unspecified atom stereocenters.